The van der Waals surface area contributed by atoms with Gasteiger partial charge in [0.1, 0.15) is 4.90 Å². The number of ether oxygens (including phenoxy) is 2. The van der Waals surface area contributed by atoms with E-state index in [0.29, 0.717) is 43.4 Å². The number of pyridine rings is 1. The lowest BCUT2D eigenvalue weighted by Crippen LogP contribution is -2.53. The van der Waals surface area contributed by atoms with Crippen molar-refractivity contribution in [1.82, 2.24) is 14.2 Å². The molecule has 0 spiro atoms. The summed E-state index contributed by atoms with van der Waals surface area (Å²) in [6.45, 7) is 3.56. The van der Waals surface area contributed by atoms with Gasteiger partial charge < -0.3 is 14.8 Å². The van der Waals surface area contributed by atoms with E-state index in [0.717, 1.165) is 0 Å². The highest BCUT2D eigenvalue weighted by molar-refractivity contribution is 7.89. The van der Waals surface area contributed by atoms with Crippen molar-refractivity contribution in [3.05, 3.63) is 42.7 Å². The van der Waals surface area contributed by atoms with Crippen LogP contribution in [0.4, 0.5) is 5.69 Å². The lowest BCUT2D eigenvalue weighted by molar-refractivity contribution is -0.121. The number of hydrogen-bond donors (Lipinski definition) is 1. The number of nitrogens with one attached hydrogen (secondary N) is 1. The summed E-state index contributed by atoms with van der Waals surface area (Å²) in [5.41, 5.74) is 0.629. The highest BCUT2D eigenvalue weighted by Gasteiger charge is 2.32. The van der Waals surface area contributed by atoms with Gasteiger partial charge in [-0.05, 0) is 31.2 Å². The first-order chi connectivity index (χ1) is 13.9. The molecule has 0 bridgehead atoms. The quantitative estimate of drug-likeness (QED) is 0.777. The van der Waals surface area contributed by atoms with Crippen LogP contribution in [0.2, 0.25) is 0 Å². The molecule has 1 amide bonds. The molecule has 154 valence electrons. The second-order valence-corrected chi connectivity index (χ2v) is 8.80. The zero-order valence-corrected chi connectivity index (χ0v) is 16.8. The van der Waals surface area contributed by atoms with Crippen molar-refractivity contribution in [3.8, 4) is 11.5 Å². The lowest BCUT2D eigenvalue weighted by atomic mass is 10.2. The summed E-state index contributed by atoms with van der Waals surface area (Å²) in [5, 5.41) is 2.88. The Bertz CT molecular complexity index is 991. The molecule has 10 heteroatoms. The van der Waals surface area contributed by atoms with Crippen molar-refractivity contribution in [2.75, 3.05) is 38.3 Å². The molecular formula is C19H22N4O5S. The first-order valence-corrected chi connectivity index (χ1v) is 10.7. The maximum atomic E-state index is 12.7. The van der Waals surface area contributed by atoms with Crippen molar-refractivity contribution in [2.45, 2.75) is 17.9 Å². The molecule has 3 heterocycles. The maximum absolute atomic E-state index is 12.7. The monoisotopic (exact) mass is 418 g/mol. The third-order valence-electron chi connectivity index (χ3n) is 5.11. The van der Waals surface area contributed by atoms with Gasteiger partial charge in [0.25, 0.3) is 0 Å². The van der Waals surface area contributed by atoms with Gasteiger partial charge in [0.15, 0.2) is 11.5 Å². The summed E-state index contributed by atoms with van der Waals surface area (Å²) >= 11 is 0. The largest absolute Gasteiger partial charge is 0.454 e. The Kier molecular flexibility index (Phi) is 5.39. The number of rotatable bonds is 5. The first-order valence-electron chi connectivity index (χ1n) is 9.30. The summed E-state index contributed by atoms with van der Waals surface area (Å²) in [6, 6.07) is 7.98. The standard InChI is InChI=1S/C19H22N4O5S/c1-14(19(24)21-15-4-5-17-18(11-15)28-13-27-17)22-7-9-23(10-8-22)29(25,26)16-3-2-6-20-12-16/h2-6,11-12,14H,7-10,13H2,1H3,(H,21,24). The van der Waals surface area contributed by atoms with Gasteiger partial charge in [-0.2, -0.15) is 4.31 Å². The van der Waals surface area contributed by atoms with Crippen molar-refractivity contribution in [3.63, 3.8) is 0 Å². The number of sulfonamides is 1. The number of benzene rings is 1. The highest BCUT2D eigenvalue weighted by Crippen LogP contribution is 2.34. The van der Waals surface area contributed by atoms with Crippen LogP contribution >= 0.6 is 0 Å². The Hall–Kier alpha value is -2.69. The third kappa shape index (κ3) is 4.04. The van der Waals surface area contributed by atoms with Gasteiger partial charge in [-0.25, -0.2) is 8.42 Å². The molecular weight excluding hydrogens is 396 g/mol. The van der Waals surface area contributed by atoms with Crippen molar-refractivity contribution < 1.29 is 22.7 Å². The summed E-state index contributed by atoms with van der Waals surface area (Å²) in [4.78, 5) is 18.7. The van der Waals surface area contributed by atoms with E-state index in [1.807, 2.05) is 11.8 Å². The maximum Gasteiger partial charge on any atom is 0.244 e. The fourth-order valence-corrected chi connectivity index (χ4v) is 4.75. The molecule has 1 unspecified atom stereocenters. The van der Waals surface area contributed by atoms with E-state index < -0.39 is 16.1 Å². The number of piperazine rings is 1. The minimum Gasteiger partial charge on any atom is -0.454 e. The van der Waals surface area contributed by atoms with Crippen LogP contribution in [0.3, 0.4) is 0 Å². The summed E-state index contributed by atoms with van der Waals surface area (Å²) in [7, 11) is -3.57. The van der Waals surface area contributed by atoms with Crippen LogP contribution in [0.1, 0.15) is 6.92 Å². The minimum atomic E-state index is -3.57. The summed E-state index contributed by atoms with van der Waals surface area (Å²) in [6.07, 6.45) is 2.89. The van der Waals surface area contributed by atoms with Crippen LogP contribution < -0.4 is 14.8 Å². The molecule has 2 aliphatic rings. The number of nitrogens with zero attached hydrogens (tertiary/aromatic N) is 3. The zero-order valence-electron chi connectivity index (χ0n) is 15.9. The molecule has 2 aliphatic heterocycles. The van der Waals surface area contributed by atoms with E-state index in [9.17, 15) is 13.2 Å². The molecule has 1 aromatic heterocycles. The molecule has 1 saturated heterocycles. The van der Waals surface area contributed by atoms with Crippen molar-refractivity contribution in [2.24, 2.45) is 0 Å². The Morgan fingerprint density at radius 2 is 1.90 bits per heavy atom. The topological polar surface area (TPSA) is 101 Å². The van der Waals surface area contributed by atoms with Crippen LogP contribution in [-0.2, 0) is 14.8 Å². The fourth-order valence-electron chi connectivity index (χ4n) is 3.37. The van der Waals surface area contributed by atoms with Gasteiger partial charge in [-0.1, -0.05) is 0 Å². The van der Waals surface area contributed by atoms with E-state index in [-0.39, 0.29) is 17.6 Å². The molecule has 0 radical (unpaired) electrons. The molecule has 29 heavy (non-hydrogen) atoms. The number of aromatic nitrogens is 1. The Morgan fingerprint density at radius 3 is 2.62 bits per heavy atom. The summed E-state index contributed by atoms with van der Waals surface area (Å²) < 4.78 is 37.4. The van der Waals surface area contributed by atoms with Crippen molar-refractivity contribution in [1.29, 1.82) is 0 Å². The molecule has 9 nitrogen and oxygen atoms in total. The summed E-state index contributed by atoms with van der Waals surface area (Å²) in [5.74, 6) is 1.10. The molecule has 1 aromatic carbocycles. The molecule has 0 saturated carbocycles. The second kappa shape index (κ2) is 7.97. The van der Waals surface area contributed by atoms with E-state index in [4.69, 9.17) is 9.47 Å². The second-order valence-electron chi connectivity index (χ2n) is 6.86. The molecule has 1 atom stereocenters. The van der Waals surface area contributed by atoms with Gasteiger partial charge in [-0.15, -0.1) is 0 Å². The number of carbonyl (C=O) groups is 1. The Balaban J connectivity index is 1.35. The molecule has 1 fully saturated rings. The SMILES string of the molecule is CC(C(=O)Nc1ccc2c(c1)OCO2)N1CCN(S(=O)(=O)c2cccnc2)CC1. The van der Waals surface area contributed by atoms with Crippen LogP contribution in [0.5, 0.6) is 11.5 Å². The van der Waals surface area contributed by atoms with E-state index in [1.54, 1.807) is 24.3 Å². The highest BCUT2D eigenvalue weighted by atomic mass is 32.2. The minimum absolute atomic E-state index is 0.160. The van der Waals surface area contributed by atoms with E-state index >= 15 is 0 Å². The lowest BCUT2D eigenvalue weighted by Gasteiger charge is -2.36. The van der Waals surface area contributed by atoms with Gasteiger partial charge >= 0.3 is 0 Å². The Labute approximate surface area is 169 Å². The predicted octanol–water partition coefficient (Wildman–Crippen LogP) is 1.14. The molecule has 1 N–H and O–H groups in total. The van der Waals surface area contributed by atoms with Crippen LogP contribution in [0, 0.1) is 0 Å². The van der Waals surface area contributed by atoms with E-state index in [1.165, 1.54) is 22.8 Å². The molecule has 2 aromatic rings. The van der Waals surface area contributed by atoms with Crippen LogP contribution in [0.15, 0.2) is 47.6 Å². The van der Waals surface area contributed by atoms with E-state index in [2.05, 4.69) is 10.3 Å². The van der Waals surface area contributed by atoms with Gasteiger partial charge in [-0.3, -0.25) is 14.7 Å². The Morgan fingerprint density at radius 1 is 1.14 bits per heavy atom. The average molecular weight is 418 g/mol. The van der Waals surface area contributed by atoms with Crippen LogP contribution in [0.25, 0.3) is 0 Å². The number of amides is 1. The number of carbonyl (C=O) groups excluding carboxylic acids is 1. The van der Waals surface area contributed by atoms with Gasteiger partial charge in [0.2, 0.25) is 22.7 Å². The average Bonchev–Trinajstić information content (AvgIpc) is 3.22. The first kappa shape index (κ1) is 19.6. The number of fused-ring (bicyclic) bond motifs is 1. The zero-order chi connectivity index (χ0) is 20.4. The van der Waals surface area contributed by atoms with Crippen LogP contribution in [-0.4, -0.2) is 67.5 Å². The molecule has 0 aliphatic carbocycles. The third-order valence-corrected chi connectivity index (χ3v) is 6.99. The predicted molar refractivity (Wildman–Crippen MR) is 105 cm³/mol. The number of anilines is 1. The normalized spacial score (nSPS) is 18.4. The smallest absolute Gasteiger partial charge is 0.244 e. The number of hydrogen-bond acceptors (Lipinski definition) is 7. The van der Waals surface area contributed by atoms with Crippen molar-refractivity contribution >= 4 is 21.6 Å². The fraction of sp³-hybridized carbons (Fsp3) is 0.368. The van der Waals surface area contributed by atoms with Gasteiger partial charge in [0, 0.05) is 50.3 Å². The molecule has 4 rings (SSSR count). The van der Waals surface area contributed by atoms with Gasteiger partial charge in [0.05, 0.1) is 6.04 Å².